The lowest BCUT2D eigenvalue weighted by atomic mass is 10.0. The van der Waals surface area contributed by atoms with Crippen LogP contribution in [0.2, 0.25) is 0 Å². The summed E-state index contributed by atoms with van der Waals surface area (Å²) in [5.74, 6) is 1.09. The highest BCUT2D eigenvalue weighted by Crippen LogP contribution is 2.19. The molecule has 1 aromatic rings. The number of benzene rings is 1. The summed E-state index contributed by atoms with van der Waals surface area (Å²) in [6, 6.07) is 5.95. The summed E-state index contributed by atoms with van der Waals surface area (Å²) >= 11 is 3.18. The van der Waals surface area contributed by atoms with Crippen molar-refractivity contribution in [1.82, 2.24) is 0 Å². The molecule has 88 valence electrons. The summed E-state index contributed by atoms with van der Waals surface area (Å²) < 4.78 is 5.44. The summed E-state index contributed by atoms with van der Waals surface area (Å²) in [6.07, 6.45) is 1.42. The van der Waals surface area contributed by atoms with Gasteiger partial charge in [0.05, 0.1) is 11.9 Å². The van der Waals surface area contributed by atoms with Crippen LogP contribution in [0.25, 0.3) is 0 Å². The van der Waals surface area contributed by atoms with Crippen LogP contribution in [-0.2, 0) is 17.6 Å². The lowest BCUT2D eigenvalue weighted by Gasteiger charge is -2.10. The monoisotopic (exact) mass is 284 g/mol. The number of rotatable bonds is 6. The summed E-state index contributed by atoms with van der Waals surface area (Å²) in [6.45, 7) is 4.73. The fraction of sp³-hybridized carbons (Fsp3) is 0.462. The van der Waals surface area contributed by atoms with Crippen molar-refractivity contribution < 1.29 is 9.53 Å². The van der Waals surface area contributed by atoms with Gasteiger partial charge in [0.1, 0.15) is 11.5 Å². The van der Waals surface area contributed by atoms with Crippen LogP contribution in [0.4, 0.5) is 0 Å². The van der Waals surface area contributed by atoms with Gasteiger partial charge in [-0.3, -0.25) is 4.79 Å². The Morgan fingerprint density at radius 3 is 2.62 bits per heavy atom. The largest absolute Gasteiger partial charge is 0.494 e. The van der Waals surface area contributed by atoms with Crippen LogP contribution in [0.5, 0.6) is 5.75 Å². The van der Waals surface area contributed by atoms with Crippen LogP contribution in [0, 0.1) is 0 Å². The molecule has 2 nitrogen and oxygen atoms in total. The van der Waals surface area contributed by atoms with Gasteiger partial charge in [0, 0.05) is 6.42 Å². The number of hydrogen-bond donors (Lipinski definition) is 0. The van der Waals surface area contributed by atoms with E-state index in [0.29, 0.717) is 18.4 Å². The zero-order valence-corrected chi connectivity index (χ0v) is 11.3. The second kappa shape index (κ2) is 6.69. The van der Waals surface area contributed by atoms with Crippen molar-refractivity contribution >= 4 is 21.7 Å². The van der Waals surface area contributed by atoms with Crippen molar-refractivity contribution in [3.8, 4) is 5.75 Å². The molecule has 0 atom stereocenters. The van der Waals surface area contributed by atoms with Gasteiger partial charge in [-0.15, -0.1) is 0 Å². The van der Waals surface area contributed by atoms with E-state index in [1.165, 1.54) is 5.56 Å². The number of carbonyl (C=O) groups excluding carboxylic acids is 1. The first-order valence-corrected chi connectivity index (χ1v) is 6.65. The molecule has 0 saturated carbocycles. The molecule has 1 aromatic carbocycles. The van der Waals surface area contributed by atoms with Gasteiger partial charge in [-0.05, 0) is 36.6 Å². The van der Waals surface area contributed by atoms with Gasteiger partial charge < -0.3 is 4.74 Å². The molecule has 16 heavy (non-hydrogen) atoms. The first-order chi connectivity index (χ1) is 7.71. The summed E-state index contributed by atoms with van der Waals surface area (Å²) in [4.78, 5) is 11.4. The van der Waals surface area contributed by atoms with Gasteiger partial charge >= 0.3 is 0 Å². The highest BCUT2D eigenvalue weighted by atomic mass is 79.9. The molecular formula is C13H17BrO2. The molecule has 0 aliphatic rings. The molecule has 0 aliphatic heterocycles. The normalized spacial score (nSPS) is 10.2. The third kappa shape index (κ3) is 3.63. The van der Waals surface area contributed by atoms with Crippen molar-refractivity contribution in [2.75, 3.05) is 11.9 Å². The second-order valence-electron chi connectivity index (χ2n) is 3.57. The molecular weight excluding hydrogens is 268 g/mol. The van der Waals surface area contributed by atoms with Crippen molar-refractivity contribution in [3.63, 3.8) is 0 Å². The maximum Gasteiger partial charge on any atom is 0.147 e. The molecule has 1 rings (SSSR count). The van der Waals surface area contributed by atoms with Crippen LogP contribution in [0.1, 0.15) is 25.0 Å². The van der Waals surface area contributed by atoms with E-state index in [1.807, 2.05) is 25.1 Å². The lowest BCUT2D eigenvalue weighted by molar-refractivity contribution is -0.115. The Morgan fingerprint density at radius 2 is 2.06 bits per heavy atom. The molecule has 0 unspecified atom stereocenters. The molecule has 0 saturated heterocycles. The number of Topliss-reactive ketones (excluding diaryl/α,β-unsaturated/α-hetero) is 1. The Bertz CT molecular complexity index is 361. The van der Waals surface area contributed by atoms with Gasteiger partial charge in [0.15, 0.2) is 0 Å². The molecule has 3 heteroatoms. The number of aryl methyl sites for hydroxylation is 1. The molecule has 0 spiro atoms. The fourth-order valence-electron chi connectivity index (χ4n) is 1.62. The molecule has 0 amide bonds. The Kier molecular flexibility index (Phi) is 5.53. The quantitative estimate of drug-likeness (QED) is 0.750. The Hall–Kier alpha value is -0.830. The van der Waals surface area contributed by atoms with E-state index in [4.69, 9.17) is 4.74 Å². The van der Waals surface area contributed by atoms with Gasteiger partial charge in [-0.25, -0.2) is 0 Å². The maximum absolute atomic E-state index is 11.4. The molecule has 0 aromatic heterocycles. The maximum atomic E-state index is 11.4. The first-order valence-electron chi connectivity index (χ1n) is 5.53. The predicted octanol–water partition coefficient (Wildman–Crippen LogP) is 3.15. The van der Waals surface area contributed by atoms with E-state index < -0.39 is 0 Å². The lowest BCUT2D eigenvalue weighted by Crippen LogP contribution is -2.06. The van der Waals surface area contributed by atoms with E-state index in [9.17, 15) is 4.79 Å². The molecule has 0 aliphatic carbocycles. The topological polar surface area (TPSA) is 26.3 Å². The zero-order chi connectivity index (χ0) is 12.0. The number of ether oxygens (including phenoxy) is 1. The second-order valence-corrected chi connectivity index (χ2v) is 4.13. The number of hydrogen-bond acceptors (Lipinski definition) is 2. The van der Waals surface area contributed by atoms with Crippen molar-refractivity contribution in [3.05, 3.63) is 29.3 Å². The SMILES string of the molecule is CCOc1ccc(CC(=O)CBr)c(CC)c1. The third-order valence-electron chi connectivity index (χ3n) is 2.41. The van der Waals surface area contributed by atoms with Crippen LogP contribution in [-0.4, -0.2) is 17.7 Å². The van der Waals surface area contributed by atoms with Gasteiger partial charge in [0.2, 0.25) is 0 Å². The minimum Gasteiger partial charge on any atom is -0.494 e. The number of alkyl halides is 1. The number of ketones is 1. The van der Waals surface area contributed by atoms with Gasteiger partial charge in [0.25, 0.3) is 0 Å². The van der Waals surface area contributed by atoms with Gasteiger partial charge in [-0.2, -0.15) is 0 Å². The average molecular weight is 285 g/mol. The highest BCUT2D eigenvalue weighted by molar-refractivity contribution is 9.09. The Labute approximate surface area is 105 Å². The van der Waals surface area contributed by atoms with Crippen LogP contribution in [0.3, 0.4) is 0 Å². The van der Waals surface area contributed by atoms with Crippen molar-refractivity contribution in [2.45, 2.75) is 26.7 Å². The molecule has 0 N–H and O–H groups in total. The minimum atomic E-state index is 0.207. The van der Waals surface area contributed by atoms with Crippen LogP contribution in [0.15, 0.2) is 18.2 Å². The average Bonchev–Trinajstić information content (AvgIpc) is 2.31. The van der Waals surface area contributed by atoms with Crippen molar-refractivity contribution in [1.29, 1.82) is 0 Å². The number of halogens is 1. The Balaban J connectivity index is 2.88. The van der Waals surface area contributed by atoms with E-state index in [-0.39, 0.29) is 5.78 Å². The minimum absolute atomic E-state index is 0.207. The third-order valence-corrected chi connectivity index (χ3v) is 3.03. The fourth-order valence-corrected chi connectivity index (χ4v) is 1.82. The smallest absolute Gasteiger partial charge is 0.147 e. The first kappa shape index (κ1) is 13.2. The zero-order valence-electron chi connectivity index (χ0n) is 9.75. The van der Waals surface area contributed by atoms with E-state index >= 15 is 0 Å². The van der Waals surface area contributed by atoms with E-state index in [0.717, 1.165) is 17.7 Å². The summed E-state index contributed by atoms with van der Waals surface area (Å²) in [5.41, 5.74) is 2.30. The summed E-state index contributed by atoms with van der Waals surface area (Å²) in [7, 11) is 0. The van der Waals surface area contributed by atoms with Crippen LogP contribution < -0.4 is 4.74 Å². The summed E-state index contributed by atoms with van der Waals surface area (Å²) in [5, 5.41) is 0.420. The predicted molar refractivity (Wildman–Crippen MR) is 69.5 cm³/mol. The van der Waals surface area contributed by atoms with Crippen LogP contribution >= 0.6 is 15.9 Å². The molecule has 0 fully saturated rings. The van der Waals surface area contributed by atoms with Gasteiger partial charge in [-0.1, -0.05) is 28.9 Å². The van der Waals surface area contributed by atoms with E-state index in [1.54, 1.807) is 0 Å². The number of carbonyl (C=O) groups is 1. The molecule has 0 bridgehead atoms. The van der Waals surface area contributed by atoms with E-state index in [2.05, 4.69) is 22.9 Å². The molecule has 0 heterocycles. The standard InChI is InChI=1S/C13H17BrO2/c1-3-10-8-13(16-4-2)6-5-11(10)7-12(15)9-14/h5-6,8H,3-4,7,9H2,1-2H3. The van der Waals surface area contributed by atoms with Crippen molar-refractivity contribution in [2.24, 2.45) is 0 Å². The molecule has 0 radical (unpaired) electrons. The highest BCUT2D eigenvalue weighted by Gasteiger charge is 2.07. The Morgan fingerprint density at radius 1 is 1.31 bits per heavy atom.